The number of rotatable bonds is 7. The number of anilines is 1. The first kappa shape index (κ1) is 28.7. The Hall–Kier alpha value is -1.36. The zero-order valence-corrected chi connectivity index (χ0v) is 22.8. The molecule has 0 atom stereocenters. The Morgan fingerprint density at radius 1 is 1.00 bits per heavy atom. The van der Waals surface area contributed by atoms with Crippen molar-refractivity contribution in [2.45, 2.75) is 58.9 Å². The predicted molar refractivity (Wildman–Crippen MR) is 129 cm³/mol. The Morgan fingerprint density at radius 2 is 1.50 bits per heavy atom. The molecule has 5 heteroatoms. The van der Waals surface area contributed by atoms with Crippen molar-refractivity contribution in [1.29, 1.82) is 0 Å². The van der Waals surface area contributed by atoms with Crippen molar-refractivity contribution in [3.8, 4) is 0 Å². The number of likely N-dealkylation sites (tertiary alicyclic amines) is 1. The molecule has 0 spiro atoms. The van der Waals surface area contributed by atoms with Crippen LogP contribution in [0.3, 0.4) is 0 Å². The Kier molecular flexibility index (Phi) is 13.2. The second-order valence-corrected chi connectivity index (χ2v) is 8.63. The van der Waals surface area contributed by atoms with E-state index in [1.54, 1.807) is 4.90 Å². The summed E-state index contributed by atoms with van der Waals surface area (Å²) in [6.07, 6.45) is 4.85. The van der Waals surface area contributed by atoms with E-state index < -0.39 is 5.54 Å². The van der Waals surface area contributed by atoms with Crippen molar-refractivity contribution < 1.29 is 42.3 Å². The van der Waals surface area contributed by atoms with Crippen molar-refractivity contribution >= 4 is 17.9 Å². The molecule has 0 bridgehead atoms. The third kappa shape index (κ3) is 8.53. The van der Waals surface area contributed by atoms with Gasteiger partial charge >= 0.3 is 0 Å². The fraction of sp³-hybridized carbons (Fsp3) is 0.444. The van der Waals surface area contributed by atoms with Crippen LogP contribution in [0.1, 0.15) is 52.5 Å². The van der Waals surface area contributed by atoms with Crippen molar-refractivity contribution in [3.05, 3.63) is 72.1 Å². The first-order valence-corrected chi connectivity index (χ1v) is 11.2. The topological polar surface area (TPSA) is 40.6 Å². The Bertz CT molecular complexity index is 785. The van der Waals surface area contributed by atoms with Crippen molar-refractivity contribution in [2.24, 2.45) is 0 Å². The van der Waals surface area contributed by atoms with E-state index in [0.29, 0.717) is 19.3 Å². The molecule has 2 aromatic carbocycles. The van der Waals surface area contributed by atoms with Crippen molar-refractivity contribution in [1.82, 2.24) is 4.90 Å². The molecule has 1 saturated heterocycles. The number of benzene rings is 2. The Labute approximate surface area is 219 Å². The van der Waals surface area contributed by atoms with E-state index in [1.165, 1.54) is 11.5 Å². The summed E-state index contributed by atoms with van der Waals surface area (Å²) in [4.78, 5) is 28.8. The smallest absolute Gasteiger partial charge is 0.224 e. The quantitative estimate of drug-likeness (QED) is 0.480. The zero-order valence-electron chi connectivity index (χ0n) is 20.0. The molecule has 1 aliphatic heterocycles. The van der Waals surface area contributed by atoms with Gasteiger partial charge in [0.15, 0.2) is 0 Å². The van der Waals surface area contributed by atoms with Gasteiger partial charge in [0.25, 0.3) is 0 Å². The molecular weight excluding hydrogens is 473 g/mol. The van der Waals surface area contributed by atoms with Crippen LogP contribution >= 0.6 is 0 Å². The SMILES string of the molecule is CCC(=O)N(c1ccccc1)C1([C-]=O)CCN(CCc2ccccc2)CC1.C[C-](C)C.[Y]. The monoisotopic (exact) mass is 509 g/mol. The first-order chi connectivity index (χ1) is 14.9. The van der Waals surface area contributed by atoms with E-state index in [1.807, 2.05) is 43.3 Å². The second-order valence-electron chi connectivity index (χ2n) is 8.63. The Balaban J connectivity index is 0.000000945. The summed E-state index contributed by atoms with van der Waals surface area (Å²) in [5, 5.41) is 0. The third-order valence-electron chi connectivity index (χ3n) is 5.43. The number of hydrogen-bond acceptors (Lipinski definition) is 3. The van der Waals surface area contributed by atoms with Crippen LogP contribution in [0.4, 0.5) is 5.69 Å². The number of amides is 1. The first-order valence-electron chi connectivity index (χ1n) is 11.2. The van der Waals surface area contributed by atoms with Gasteiger partial charge in [0.2, 0.25) is 5.91 Å². The summed E-state index contributed by atoms with van der Waals surface area (Å²) in [5.74, 6) is 1.39. The molecule has 3 rings (SSSR count). The van der Waals surface area contributed by atoms with Gasteiger partial charge in [-0.25, -0.2) is 6.29 Å². The molecule has 171 valence electrons. The fourth-order valence-electron chi connectivity index (χ4n) is 3.81. The van der Waals surface area contributed by atoms with E-state index in [9.17, 15) is 9.59 Å². The zero-order chi connectivity index (χ0) is 22.7. The minimum atomic E-state index is -0.863. The average Bonchev–Trinajstić information content (AvgIpc) is 2.79. The normalized spacial score (nSPS) is 15.2. The standard InChI is InChI=1S/C23H27N2O2.C4H9.Y/c1-2-22(27)25(21-11-7-4-8-12-21)23(19-26)14-17-24(18-15-23)16-13-20-9-5-3-6-10-20;1-4(2)3;/h3-12H,2,13-18H2,1H3;1-3H3;/q2*-1;. The summed E-state index contributed by atoms with van der Waals surface area (Å²) in [7, 11) is 0. The summed E-state index contributed by atoms with van der Waals surface area (Å²) < 4.78 is 0. The molecule has 0 aliphatic carbocycles. The maximum atomic E-state index is 12.7. The molecule has 2 aromatic rings. The summed E-state index contributed by atoms with van der Waals surface area (Å²) in [5.41, 5.74) is 1.24. The van der Waals surface area contributed by atoms with E-state index >= 15 is 0 Å². The number of hydrogen-bond donors (Lipinski definition) is 0. The molecule has 1 fully saturated rings. The minimum Gasteiger partial charge on any atom is -0.540 e. The van der Waals surface area contributed by atoms with Gasteiger partial charge in [-0.3, -0.25) is 4.79 Å². The van der Waals surface area contributed by atoms with Crippen molar-refractivity contribution in [2.75, 3.05) is 24.5 Å². The van der Waals surface area contributed by atoms with Gasteiger partial charge in [0, 0.05) is 51.4 Å². The van der Waals surface area contributed by atoms with Gasteiger partial charge in [-0.15, -0.1) is 0 Å². The largest absolute Gasteiger partial charge is 0.540 e. The van der Waals surface area contributed by atoms with E-state index in [4.69, 9.17) is 0 Å². The molecule has 1 aliphatic rings. The van der Waals surface area contributed by atoms with Crippen LogP contribution in [0, 0.1) is 5.92 Å². The molecule has 1 amide bonds. The van der Waals surface area contributed by atoms with Crippen LogP contribution in [0.15, 0.2) is 60.7 Å². The van der Waals surface area contributed by atoms with E-state index in [0.717, 1.165) is 31.7 Å². The average molecular weight is 510 g/mol. The van der Waals surface area contributed by atoms with E-state index in [-0.39, 0.29) is 38.6 Å². The molecule has 0 N–H and O–H groups in total. The number of para-hydroxylation sites is 1. The number of nitrogens with zero attached hydrogens (tertiary/aromatic N) is 2. The molecule has 1 radical (unpaired) electrons. The van der Waals surface area contributed by atoms with Gasteiger partial charge < -0.3 is 20.5 Å². The number of piperidine rings is 1. The second kappa shape index (κ2) is 14.7. The van der Waals surface area contributed by atoms with Crippen LogP contribution in [0.5, 0.6) is 0 Å². The molecule has 1 heterocycles. The molecule has 32 heavy (non-hydrogen) atoms. The Morgan fingerprint density at radius 3 is 1.97 bits per heavy atom. The maximum absolute atomic E-state index is 12.7. The van der Waals surface area contributed by atoms with Crippen LogP contribution in [-0.4, -0.2) is 42.3 Å². The molecular formula is C27H36N2O2Y-2. The van der Waals surface area contributed by atoms with Crippen LogP contribution in [0.2, 0.25) is 0 Å². The molecule has 0 unspecified atom stereocenters. The van der Waals surface area contributed by atoms with E-state index in [2.05, 4.69) is 56.2 Å². The van der Waals surface area contributed by atoms with Gasteiger partial charge in [0.1, 0.15) is 0 Å². The van der Waals surface area contributed by atoms with Gasteiger partial charge in [0.05, 0.1) is 0 Å². The molecule has 0 saturated carbocycles. The minimum absolute atomic E-state index is 0. The molecule has 0 aromatic heterocycles. The van der Waals surface area contributed by atoms with Gasteiger partial charge in [-0.1, -0.05) is 55.5 Å². The third-order valence-corrected chi connectivity index (χ3v) is 5.43. The molecule has 4 nitrogen and oxygen atoms in total. The fourth-order valence-corrected chi connectivity index (χ4v) is 3.81. The van der Waals surface area contributed by atoms with Crippen LogP contribution < -0.4 is 4.90 Å². The summed E-state index contributed by atoms with van der Waals surface area (Å²) >= 11 is 0. The number of carbonyl (C=O) groups excluding carboxylic acids is 2. The predicted octanol–water partition coefficient (Wildman–Crippen LogP) is 5.23. The van der Waals surface area contributed by atoms with Crippen LogP contribution in [0.25, 0.3) is 0 Å². The van der Waals surface area contributed by atoms with Crippen molar-refractivity contribution in [3.63, 3.8) is 0 Å². The maximum Gasteiger partial charge on any atom is 0.224 e. The number of carbonyl (C=O) groups is 1. The van der Waals surface area contributed by atoms with Gasteiger partial charge in [-0.2, -0.15) is 20.8 Å². The summed E-state index contributed by atoms with van der Waals surface area (Å²) in [6, 6.07) is 20.0. The summed E-state index contributed by atoms with van der Waals surface area (Å²) in [6.45, 7) is 10.6. The van der Waals surface area contributed by atoms with Crippen LogP contribution in [-0.2, 0) is 48.7 Å². The van der Waals surface area contributed by atoms with Gasteiger partial charge in [-0.05, 0) is 55.6 Å².